The number of hydrogen-bond donors (Lipinski definition) is 2. The van der Waals surface area contributed by atoms with Crippen LogP contribution in [0.15, 0.2) is 30.3 Å². The van der Waals surface area contributed by atoms with E-state index in [1.54, 1.807) is 0 Å². The lowest BCUT2D eigenvalue weighted by Crippen LogP contribution is -2.38. The molecule has 1 aliphatic carbocycles. The van der Waals surface area contributed by atoms with Crippen molar-refractivity contribution in [3.05, 3.63) is 35.9 Å². The van der Waals surface area contributed by atoms with Crippen LogP contribution in [-0.2, 0) is 11.3 Å². The van der Waals surface area contributed by atoms with Crippen molar-refractivity contribution in [2.45, 2.75) is 25.0 Å². The van der Waals surface area contributed by atoms with Gasteiger partial charge in [-0.25, -0.2) is 4.79 Å². The Hall–Kier alpha value is -1.84. The Labute approximate surface area is 94.1 Å². The Kier molecular flexibility index (Phi) is 2.90. The van der Waals surface area contributed by atoms with E-state index in [4.69, 9.17) is 10.1 Å². The molecule has 0 heterocycles. The van der Waals surface area contributed by atoms with E-state index in [1.807, 2.05) is 30.3 Å². The zero-order valence-electron chi connectivity index (χ0n) is 8.90. The standard InChI is InChI=1S/C12H14N2O2/c13-9-12(6-7-12)14-11(15)16-8-10-4-2-1-3-5-10/h1-5,9,13H,6-8H2,(H,14,15). The van der Waals surface area contributed by atoms with Gasteiger partial charge < -0.3 is 15.5 Å². The zero-order chi connectivity index (χ0) is 11.4. The summed E-state index contributed by atoms with van der Waals surface area (Å²) < 4.78 is 5.05. The van der Waals surface area contributed by atoms with E-state index in [2.05, 4.69) is 5.32 Å². The molecule has 1 amide bonds. The van der Waals surface area contributed by atoms with Gasteiger partial charge in [-0.15, -0.1) is 0 Å². The Morgan fingerprint density at radius 2 is 2.12 bits per heavy atom. The molecule has 1 saturated carbocycles. The first-order valence-electron chi connectivity index (χ1n) is 5.25. The van der Waals surface area contributed by atoms with Crippen LogP contribution in [0.2, 0.25) is 0 Å². The highest BCUT2D eigenvalue weighted by atomic mass is 16.5. The maximum Gasteiger partial charge on any atom is 0.408 e. The first-order valence-corrected chi connectivity index (χ1v) is 5.25. The molecule has 4 heteroatoms. The molecular weight excluding hydrogens is 204 g/mol. The largest absolute Gasteiger partial charge is 0.445 e. The van der Waals surface area contributed by atoms with Gasteiger partial charge in [-0.1, -0.05) is 30.3 Å². The van der Waals surface area contributed by atoms with Gasteiger partial charge in [0.1, 0.15) is 6.61 Å². The molecule has 1 aliphatic rings. The van der Waals surface area contributed by atoms with Crippen molar-refractivity contribution in [2.75, 3.05) is 0 Å². The Morgan fingerprint density at radius 1 is 1.44 bits per heavy atom. The Morgan fingerprint density at radius 3 is 2.69 bits per heavy atom. The number of carbonyl (C=O) groups is 1. The van der Waals surface area contributed by atoms with Crippen LogP contribution in [0.25, 0.3) is 0 Å². The van der Waals surface area contributed by atoms with Crippen LogP contribution < -0.4 is 5.32 Å². The lowest BCUT2D eigenvalue weighted by atomic mass is 10.2. The average molecular weight is 218 g/mol. The number of amides is 1. The molecule has 0 radical (unpaired) electrons. The molecule has 0 spiro atoms. The van der Waals surface area contributed by atoms with E-state index >= 15 is 0 Å². The van der Waals surface area contributed by atoms with Gasteiger partial charge in [0.25, 0.3) is 0 Å². The van der Waals surface area contributed by atoms with Crippen LogP contribution in [-0.4, -0.2) is 17.8 Å². The van der Waals surface area contributed by atoms with E-state index in [0.717, 1.165) is 18.4 Å². The maximum atomic E-state index is 11.4. The SMILES string of the molecule is N=CC1(NC(=O)OCc2ccccc2)CC1. The maximum absolute atomic E-state index is 11.4. The first-order chi connectivity index (χ1) is 7.74. The van der Waals surface area contributed by atoms with Crippen LogP contribution in [0.5, 0.6) is 0 Å². The lowest BCUT2D eigenvalue weighted by Gasteiger charge is -2.11. The highest BCUT2D eigenvalue weighted by Crippen LogP contribution is 2.32. The van der Waals surface area contributed by atoms with E-state index in [0.29, 0.717) is 0 Å². The van der Waals surface area contributed by atoms with Gasteiger partial charge in [0.15, 0.2) is 0 Å². The average Bonchev–Trinajstić information content (AvgIpc) is 3.08. The van der Waals surface area contributed by atoms with Crippen LogP contribution in [0.1, 0.15) is 18.4 Å². The third-order valence-electron chi connectivity index (χ3n) is 2.63. The molecule has 1 aromatic rings. The number of benzene rings is 1. The smallest absolute Gasteiger partial charge is 0.408 e. The molecule has 4 nitrogen and oxygen atoms in total. The Balaban J connectivity index is 1.78. The van der Waals surface area contributed by atoms with Gasteiger partial charge in [-0.2, -0.15) is 0 Å². The summed E-state index contributed by atoms with van der Waals surface area (Å²) in [7, 11) is 0. The fourth-order valence-electron chi connectivity index (χ4n) is 1.40. The van der Waals surface area contributed by atoms with E-state index in [9.17, 15) is 4.79 Å². The highest BCUT2D eigenvalue weighted by Gasteiger charge is 2.42. The summed E-state index contributed by atoms with van der Waals surface area (Å²) in [6.07, 6.45) is 2.48. The van der Waals surface area contributed by atoms with Crippen molar-refractivity contribution >= 4 is 12.3 Å². The van der Waals surface area contributed by atoms with Crippen molar-refractivity contribution in [1.29, 1.82) is 5.41 Å². The summed E-state index contributed by atoms with van der Waals surface area (Å²) in [5, 5.41) is 9.85. The van der Waals surface area contributed by atoms with Crippen molar-refractivity contribution < 1.29 is 9.53 Å². The summed E-state index contributed by atoms with van der Waals surface area (Å²) in [5.74, 6) is 0. The van der Waals surface area contributed by atoms with Gasteiger partial charge in [-0.3, -0.25) is 0 Å². The third-order valence-corrected chi connectivity index (χ3v) is 2.63. The second-order valence-corrected chi connectivity index (χ2v) is 3.99. The van der Waals surface area contributed by atoms with Crippen LogP contribution >= 0.6 is 0 Å². The van der Waals surface area contributed by atoms with Crippen LogP contribution in [0.3, 0.4) is 0 Å². The van der Waals surface area contributed by atoms with Crippen molar-refractivity contribution in [2.24, 2.45) is 0 Å². The number of ether oxygens (including phenoxy) is 1. The second kappa shape index (κ2) is 4.35. The molecule has 0 atom stereocenters. The molecule has 0 aliphatic heterocycles. The predicted octanol–water partition coefficient (Wildman–Crippen LogP) is 2.09. The number of rotatable bonds is 4. The zero-order valence-corrected chi connectivity index (χ0v) is 8.90. The molecule has 0 saturated heterocycles. The molecule has 2 rings (SSSR count). The van der Waals surface area contributed by atoms with Gasteiger partial charge in [0, 0.05) is 6.21 Å². The summed E-state index contributed by atoms with van der Waals surface area (Å²) in [6.45, 7) is 0.265. The molecule has 0 bridgehead atoms. The minimum Gasteiger partial charge on any atom is -0.445 e. The second-order valence-electron chi connectivity index (χ2n) is 3.99. The van der Waals surface area contributed by atoms with Gasteiger partial charge >= 0.3 is 6.09 Å². The fourth-order valence-corrected chi connectivity index (χ4v) is 1.40. The number of alkyl carbamates (subject to hydrolysis) is 1. The minimum absolute atomic E-state index is 0.265. The predicted molar refractivity (Wildman–Crippen MR) is 60.5 cm³/mol. The lowest BCUT2D eigenvalue weighted by molar-refractivity contribution is 0.137. The summed E-state index contributed by atoms with van der Waals surface area (Å²) in [5.41, 5.74) is 0.533. The van der Waals surface area contributed by atoms with E-state index in [1.165, 1.54) is 6.21 Å². The summed E-state index contributed by atoms with van der Waals surface area (Å²) >= 11 is 0. The number of hydrogen-bond acceptors (Lipinski definition) is 3. The van der Waals surface area contributed by atoms with Crippen molar-refractivity contribution in [1.82, 2.24) is 5.32 Å². The molecule has 2 N–H and O–H groups in total. The summed E-state index contributed by atoms with van der Waals surface area (Å²) in [4.78, 5) is 11.4. The van der Waals surface area contributed by atoms with Gasteiger partial charge in [0.05, 0.1) is 5.54 Å². The summed E-state index contributed by atoms with van der Waals surface area (Å²) in [6, 6.07) is 9.51. The van der Waals surface area contributed by atoms with E-state index < -0.39 is 11.6 Å². The van der Waals surface area contributed by atoms with Gasteiger partial charge in [0.2, 0.25) is 0 Å². The molecule has 0 unspecified atom stereocenters. The van der Waals surface area contributed by atoms with Crippen LogP contribution in [0.4, 0.5) is 4.79 Å². The first kappa shape index (κ1) is 10.7. The quantitative estimate of drug-likeness (QED) is 0.760. The van der Waals surface area contributed by atoms with E-state index in [-0.39, 0.29) is 6.61 Å². The monoisotopic (exact) mass is 218 g/mol. The number of nitrogens with one attached hydrogen (secondary N) is 2. The topological polar surface area (TPSA) is 62.2 Å². The molecule has 84 valence electrons. The van der Waals surface area contributed by atoms with Gasteiger partial charge in [-0.05, 0) is 18.4 Å². The Bertz CT molecular complexity index is 385. The van der Waals surface area contributed by atoms with Crippen molar-refractivity contribution in [3.8, 4) is 0 Å². The minimum atomic E-state index is -0.454. The molecule has 1 aromatic carbocycles. The molecule has 16 heavy (non-hydrogen) atoms. The highest BCUT2D eigenvalue weighted by molar-refractivity contribution is 5.80. The van der Waals surface area contributed by atoms with Crippen molar-refractivity contribution in [3.63, 3.8) is 0 Å². The molecule has 1 fully saturated rings. The fraction of sp³-hybridized carbons (Fsp3) is 0.333. The number of carbonyl (C=O) groups excluding carboxylic acids is 1. The third kappa shape index (κ3) is 2.59. The normalized spacial score (nSPS) is 16.2. The van der Waals surface area contributed by atoms with Crippen LogP contribution in [0, 0.1) is 5.41 Å². The molecular formula is C12H14N2O2. The molecule has 0 aromatic heterocycles.